The lowest BCUT2D eigenvalue weighted by atomic mass is 10.0. The average Bonchev–Trinajstić information content (AvgIpc) is 2.68. The highest BCUT2D eigenvalue weighted by atomic mass is 35.5. The molecule has 0 heterocycles. The molecule has 1 unspecified atom stereocenters. The Morgan fingerprint density at radius 3 is 2.48 bits per heavy atom. The molecule has 0 aliphatic rings. The van der Waals surface area contributed by atoms with Crippen molar-refractivity contribution in [3.63, 3.8) is 0 Å². The zero-order valence-corrected chi connectivity index (χ0v) is 16.9. The molecule has 0 saturated heterocycles. The summed E-state index contributed by atoms with van der Waals surface area (Å²) in [5, 5.41) is 16.0. The zero-order valence-electron chi connectivity index (χ0n) is 15.3. The van der Waals surface area contributed by atoms with Crippen LogP contribution in [0.15, 0.2) is 60.7 Å². The van der Waals surface area contributed by atoms with E-state index in [0.29, 0.717) is 13.2 Å². The Labute approximate surface area is 171 Å². The van der Waals surface area contributed by atoms with Crippen LogP contribution in [0.2, 0.25) is 5.02 Å². The Hall–Kier alpha value is -1.78. The molecule has 1 atom stereocenters. The Bertz CT molecular complexity index is 849. The molecule has 0 aliphatic heterocycles. The first-order valence-corrected chi connectivity index (χ1v) is 9.31. The van der Waals surface area contributed by atoms with Crippen LogP contribution in [0, 0.1) is 0 Å². The number of rotatable bonds is 8. The minimum atomic E-state index is 0. The van der Waals surface area contributed by atoms with Crippen molar-refractivity contribution in [3.05, 3.63) is 76.8 Å². The third-order valence-corrected chi connectivity index (χ3v) is 4.84. The molecule has 0 aromatic heterocycles. The van der Waals surface area contributed by atoms with E-state index in [9.17, 15) is 5.11 Å². The summed E-state index contributed by atoms with van der Waals surface area (Å²) < 4.78 is 6.13. The van der Waals surface area contributed by atoms with Crippen LogP contribution in [0.5, 0.6) is 5.75 Å². The quantitative estimate of drug-likeness (QED) is 0.530. The maximum Gasteiger partial charge on any atom is 0.124 e. The lowest BCUT2D eigenvalue weighted by molar-refractivity contribution is 0.237. The largest absolute Gasteiger partial charge is 0.489 e. The van der Waals surface area contributed by atoms with Crippen molar-refractivity contribution in [2.24, 2.45) is 0 Å². The highest BCUT2D eigenvalue weighted by Gasteiger charge is 2.11. The number of ether oxygens (including phenoxy) is 1. The van der Waals surface area contributed by atoms with Crippen molar-refractivity contribution < 1.29 is 9.84 Å². The standard InChI is InChI=1S/C22H24ClNO2.ClH/c1-2-19(14-25)24-13-21-20-6-4-3-5-17(20)9-12-22(21)26-15-16-7-10-18(23)11-8-16;/h3-12,19,24-25H,2,13-15H2,1H3;1H. The molecule has 3 nitrogen and oxygen atoms in total. The van der Waals surface area contributed by atoms with Gasteiger partial charge in [-0.05, 0) is 41.0 Å². The fourth-order valence-corrected chi connectivity index (χ4v) is 3.09. The second-order valence-corrected chi connectivity index (χ2v) is 6.78. The number of benzene rings is 3. The maximum absolute atomic E-state index is 9.46. The fourth-order valence-electron chi connectivity index (χ4n) is 2.96. The van der Waals surface area contributed by atoms with E-state index in [1.165, 1.54) is 10.8 Å². The van der Waals surface area contributed by atoms with Crippen molar-refractivity contribution in [2.45, 2.75) is 32.5 Å². The lowest BCUT2D eigenvalue weighted by Gasteiger charge is -2.18. The van der Waals surface area contributed by atoms with Crippen LogP contribution in [0.4, 0.5) is 0 Å². The van der Waals surface area contributed by atoms with Gasteiger partial charge in [-0.1, -0.05) is 61.0 Å². The van der Waals surface area contributed by atoms with Gasteiger partial charge in [0.2, 0.25) is 0 Å². The van der Waals surface area contributed by atoms with Gasteiger partial charge >= 0.3 is 0 Å². The second-order valence-electron chi connectivity index (χ2n) is 6.35. The third-order valence-electron chi connectivity index (χ3n) is 4.59. The summed E-state index contributed by atoms with van der Waals surface area (Å²) in [5.74, 6) is 0.860. The summed E-state index contributed by atoms with van der Waals surface area (Å²) in [4.78, 5) is 0. The van der Waals surface area contributed by atoms with Crippen molar-refractivity contribution in [1.29, 1.82) is 0 Å². The van der Waals surface area contributed by atoms with Gasteiger partial charge in [-0.3, -0.25) is 0 Å². The van der Waals surface area contributed by atoms with Crippen molar-refractivity contribution in [2.75, 3.05) is 6.61 Å². The van der Waals surface area contributed by atoms with Crippen LogP contribution < -0.4 is 10.1 Å². The van der Waals surface area contributed by atoms with Crippen LogP contribution in [0.3, 0.4) is 0 Å². The predicted molar refractivity (Wildman–Crippen MR) is 115 cm³/mol. The molecular formula is C22H25Cl2NO2. The first-order valence-electron chi connectivity index (χ1n) is 8.93. The number of aliphatic hydroxyl groups excluding tert-OH is 1. The highest BCUT2D eigenvalue weighted by molar-refractivity contribution is 6.30. The second kappa shape index (κ2) is 10.5. The SMILES string of the molecule is CCC(CO)NCc1c(OCc2ccc(Cl)cc2)ccc2ccccc12.Cl. The minimum Gasteiger partial charge on any atom is -0.489 e. The minimum absolute atomic E-state index is 0. The topological polar surface area (TPSA) is 41.5 Å². The number of aliphatic hydroxyl groups is 1. The smallest absolute Gasteiger partial charge is 0.124 e. The van der Waals surface area contributed by atoms with Gasteiger partial charge in [-0.15, -0.1) is 12.4 Å². The molecule has 3 aromatic rings. The lowest BCUT2D eigenvalue weighted by Crippen LogP contribution is -2.31. The predicted octanol–water partition coefficient (Wildman–Crippen LogP) is 5.35. The van der Waals surface area contributed by atoms with E-state index in [1.807, 2.05) is 42.5 Å². The summed E-state index contributed by atoms with van der Waals surface area (Å²) in [5.41, 5.74) is 2.19. The summed E-state index contributed by atoms with van der Waals surface area (Å²) in [7, 11) is 0. The van der Waals surface area contributed by atoms with Crippen molar-refractivity contribution in [3.8, 4) is 5.75 Å². The summed E-state index contributed by atoms with van der Waals surface area (Å²) in [6, 6.07) is 20.2. The number of nitrogens with one attached hydrogen (secondary N) is 1. The van der Waals surface area contributed by atoms with Gasteiger partial charge in [0.15, 0.2) is 0 Å². The van der Waals surface area contributed by atoms with E-state index in [-0.39, 0.29) is 25.1 Å². The highest BCUT2D eigenvalue weighted by Crippen LogP contribution is 2.29. The van der Waals surface area contributed by atoms with Gasteiger partial charge in [0, 0.05) is 23.2 Å². The molecule has 0 bridgehead atoms. The first-order chi connectivity index (χ1) is 12.7. The Balaban J connectivity index is 0.00000261. The number of halogens is 2. The van der Waals surface area contributed by atoms with Crippen LogP contribution in [-0.2, 0) is 13.2 Å². The summed E-state index contributed by atoms with van der Waals surface area (Å²) in [6.45, 7) is 3.33. The average molecular weight is 406 g/mol. The van der Waals surface area contributed by atoms with Crippen LogP contribution in [0.1, 0.15) is 24.5 Å². The molecule has 0 amide bonds. The molecule has 0 saturated carbocycles. The Morgan fingerprint density at radius 1 is 1.04 bits per heavy atom. The number of hydrogen-bond acceptors (Lipinski definition) is 3. The van der Waals surface area contributed by atoms with Gasteiger partial charge < -0.3 is 15.2 Å². The Morgan fingerprint density at radius 2 is 1.78 bits per heavy atom. The first kappa shape index (κ1) is 21.5. The molecular weight excluding hydrogens is 381 g/mol. The normalized spacial score (nSPS) is 11.8. The molecule has 27 heavy (non-hydrogen) atoms. The molecule has 144 valence electrons. The summed E-state index contributed by atoms with van der Waals surface area (Å²) >= 11 is 5.95. The molecule has 0 radical (unpaired) electrons. The fraction of sp³-hybridized carbons (Fsp3) is 0.273. The van der Waals surface area contributed by atoms with Gasteiger partial charge in [0.1, 0.15) is 12.4 Å². The van der Waals surface area contributed by atoms with Crippen LogP contribution >= 0.6 is 24.0 Å². The molecule has 5 heteroatoms. The van der Waals surface area contributed by atoms with Crippen molar-refractivity contribution in [1.82, 2.24) is 5.32 Å². The van der Waals surface area contributed by atoms with E-state index in [4.69, 9.17) is 16.3 Å². The number of fused-ring (bicyclic) bond motifs is 1. The van der Waals surface area contributed by atoms with E-state index in [0.717, 1.165) is 28.3 Å². The third kappa shape index (κ3) is 5.60. The maximum atomic E-state index is 9.46. The van der Waals surface area contributed by atoms with Gasteiger partial charge in [0.25, 0.3) is 0 Å². The van der Waals surface area contributed by atoms with Gasteiger partial charge in [-0.25, -0.2) is 0 Å². The monoisotopic (exact) mass is 405 g/mol. The zero-order chi connectivity index (χ0) is 18.4. The van der Waals surface area contributed by atoms with E-state index in [2.05, 4.69) is 30.4 Å². The van der Waals surface area contributed by atoms with Crippen LogP contribution in [-0.4, -0.2) is 17.8 Å². The van der Waals surface area contributed by atoms with Gasteiger partial charge in [-0.2, -0.15) is 0 Å². The van der Waals surface area contributed by atoms with Crippen molar-refractivity contribution >= 4 is 34.8 Å². The van der Waals surface area contributed by atoms with E-state index >= 15 is 0 Å². The molecule has 3 rings (SSSR count). The summed E-state index contributed by atoms with van der Waals surface area (Å²) in [6.07, 6.45) is 0.877. The Kier molecular flexibility index (Phi) is 8.39. The van der Waals surface area contributed by atoms with Crippen LogP contribution in [0.25, 0.3) is 10.8 Å². The van der Waals surface area contributed by atoms with E-state index < -0.39 is 0 Å². The van der Waals surface area contributed by atoms with E-state index in [1.54, 1.807) is 0 Å². The molecule has 2 N–H and O–H groups in total. The molecule has 0 aliphatic carbocycles. The molecule has 0 spiro atoms. The molecule has 3 aromatic carbocycles. The van der Waals surface area contributed by atoms with Gasteiger partial charge in [0.05, 0.1) is 6.61 Å². The number of hydrogen-bond donors (Lipinski definition) is 2. The molecule has 0 fully saturated rings.